The third-order valence-corrected chi connectivity index (χ3v) is 3.48. The van der Waals surface area contributed by atoms with E-state index in [1.165, 1.54) is 12.0 Å². The highest BCUT2D eigenvalue weighted by molar-refractivity contribution is 5.83. The minimum Gasteiger partial charge on any atom is -0.463 e. The fourth-order valence-electron chi connectivity index (χ4n) is 1.96. The molecule has 0 heterocycles. The lowest BCUT2D eigenvalue weighted by Crippen LogP contribution is -2.17. The molecule has 80 valence electrons. The quantitative estimate of drug-likeness (QED) is 0.501. The van der Waals surface area contributed by atoms with Crippen molar-refractivity contribution in [3.63, 3.8) is 0 Å². The summed E-state index contributed by atoms with van der Waals surface area (Å²) in [4.78, 5) is 11.3. The van der Waals surface area contributed by atoms with Crippen LogP contribution in [0.2, 0.25) is 0 Å². The van der Waals surface area contributed by atoms with Crippen molar-refractivity contribution in [3.8, 4) is 0 Å². The summed E-state index contributed by atoms with van der Waals surface area (Å²) in [6.07, 6.45) is 3.90. The molecule has 1 aliphatic rings. The van der Waals surface area contributed by atoms with E-state index in [2.05, 4.69) is 20.8 Å². The Kier molecular flexibility index (Phi) is 3.35. The third-order valence-electron chi connectivity index (χ3n) is 3.48. The number of rotatable bonds is 2. The van der Waals surface area contributed by atoms with E-state index in [4.69, 9.17) is 4.74 Å². The van der Waals surface area contributed by atoms with Crippen molar-refractivity contribution in [1.29, 1.82) is 0 Å². The van der Waals surface area contributed by atoms with Gasteiger partial charge >= 0.3 is 5.97 Å². The summed E-state index contributed by atoms with van der Waals surface area (Å²) in [5, 5.41) is 0. The van der Waals surface area contributed by atoms with E-state index >= 15 is 0 Å². The van der Waals surface area contributed by atoms with E-state index < -0.39 is 0 Å². The number of ether oxygens (including phenoxy) is 1. The first-order valence-corrected chi connectivity index (χ1v) is 5.36. The van der Waals surface area contributed by atoms with Crippen LogP contribution in [-0.2, 0) is 9.53 Å². The molecular weight excluding hydrogens is 176 g/mol. The highest BCUT2D eigenvalue weighted by atomic mass is 16.5. The molecule has 0 saturated heterocycles. The Morgan fingerprint density at radius 2 is 2.29 bits per heavy atom. The van der Waals surface area contributed by atoms with Crippen molar-refractivity contribution in [1.82, 2.24) is 0 Å². The van der Waals surface area contributed by atoms with Gasteiger partial charge in [-0.2, -0.15) is 0 Å². The summed E-state index contributed by atoms with van der Waals surface area (Å²) in [5.41, 5.74) is 1.40. The van der Waals surface area contributed by atoms with Crippen LogP contribution < -0.4 is 0 Å². The van der Waals surface area contributed by atoms with Crippen LogP contribution in [0, 0.1) is 11.3 Å². The lowest BCUT2D eigenvalue weighted by molar-refractivity contribution is -0.137. The number of hydrogen-bond acceptors (Lipinski definition) is 2. The average Bonchev–Trinajstić information content (AvgIpc) is 2.32. The Balaban J connectivity index is 2.74. The molecule has 14 heavy (non-hydrogen) atoms. The molecular formula is C12H20O2. The zero-order valence-corrected chi connectivity index (χ0v) is 9.59. The van der Waals surface area contributed by atoms with Crippen LogP contribution in [0.4, 0.5) is 0 Å². The molecule has 0 bridgehead atoms. The van der Waals surface area contributed by atoms with Gasteiger partial charge in [-0.15, -0.1) is 0 Å². The molecule has 0 amide bonds. The summed E-state index contributed by atoms with van der Waals surface area (Å²) in [6.45, 7) is 8.94. The van der Waals surface area contributed by atoms with Crippen molar-refractivity contribution in [2.24, 2.45) is 11.3 Å². The van der Waals surface area contributed by atoms with Crippen molar-refractivity contribution < 1.29 is 9.53 Å². The van der Waals surface area contributed by atoms with Gasteiger partial charge in [-0.25, -0.2) is 4.79 Å². The van der Waals surface area contributed by atoms with Crippen LogP contribution in [-0.4, -0.2) is 12.6 Å². The molecule has 0 aliphatic heterocycles. The summed E-state index contributed by atoms with van der Waals surface area (Å²) < 4.78 is 4.92. The minimum atomic E-state index is -0.190. The van der Waals surface area contributed by atoms with Gasteiger partial charge in [-0.1, -0.05) is 26.3 Å². The molecule has 0 N–H and O–H groups in total. The molecule has 0 aromatic carbocycles. The van der Waals surface area contributed by atoms with Gasteiger partial charge in [0.1, 0.15) is 0 Å². The van der Waals surface area contributed by atoms with Gasteiger partial charge in [-0.3, -0.25) is 0 Å². The molecule has 0 spiro atoms. The SMILES string of the molecule is CCOC(=O)/C=C1/CC[C@@H](C)C1(C)C. The first kappa shape index (κ1) is 11.3. The Hall–Kier alpha value is -0.790. The number of esters is 1. The Labute approximate surface area is 86.3 Å². The third kappa shape index (κ3) is 2.17. The van der Waals surface area contributed by atoms with Gasteiger partial charge < -0.3 is 4.74 Å². The minimum absolute atomic E-state index is 0.159. The second-order valence-electron chi connectivity index (χ2n) is 4.58. The highest BCUT2D eigenvalue weighted by Crippen LogP contribution is 2.46. The fourth-order valence-corrected chi connectivity index (χ4v) is 1.96. The van der Waals surface area contributed by atoms with Gasteiger partial charge in [-0.05, 0) is 31.1 Å². The lowest BCUT2D eigenvalue weighted by atomic mass is 9.80. The molecule has 1 fully saturated rings. The predicted molar refractivity (Wildman–Crippen MR) is 56.9 cm³/mol. The molecule has 0 aromatic rings. The summed E-state index contributed by atoms with van der Waals surface area (Å²) in [5.74, 6) is 0.466. The second kappa shape index (κ2) is 4.16. The zero-order valence-electron chi connectivity index (χ0n) is 9.59. The average molecular weight is 196 g/mol. The topological polar surface area (TPSA) is 26.3 Å². The van der Waals surface area contributed by atoms with Crippen molar-refractivity contribution in [3.05, 3.63) is 11.6 Å². The van der Waals surface area contributed by atoms with Crippen LogP contribution >= 0.6 is 0 Å². The molecule has 0 unspecified atom stereocenters. The van der Waals surface area contributed by atoms with Gasteiger partial charge in [0.25, 0.3) is 0 Å². The molecule has 0 aromatic heterocycles. The Morgan fingerprint density at radius 3 is 2.71 bits per heavy atom. The lowest BCUT2D eigenvalue weighted by Gasteiger charge is -2.25. The van der Waals surface area contributed by atoms with Gasteiger partial charge in [0.05, 0.1) is 6.61 Å². The first-order chi connectivity index (χ1) is 6.48. The van der Waals surface area contributed by atoms with Crippen LogP contribution in [0.1, 0.15) is 40.5 Å². The first-order valence-electron chi connectivity index (χ1n) is 5.36. The summed E-state index contributed by atoms with van der Waals surface area (Å²) >= 11 is 0. The Bertz CT molecular complexity index is 251. The zero-order chi connectivity index (χ0) is 10.8. The van der Waals surface area contributed by atoms with Gasteiger partial charge in [0.2, 0.25) is 0 Å². The largest absolute Gasteiger partial charge is 0.463 e. The van der Waals surface area contributed by atoms with Crippen molar-refractivity contribution in [2.45, 2.75) is 40.5 Å². The van der Waals surface area contributed by atoms with Crippen LogP contribution in [0.25, 0.3) is 0 Å². The fraction of sp³-hybridized carbons (Fsp3) is 0.750. The van der Waals surface area contributed by atoms with E-state index in [0.717, 1.165) is 6.42 Å². The van der Waals surface area contributed by atoms with E-state index in [1.54, 1.807) is 6.08 Å². The standard InChI is InChI=1S/C12H20O2/c1-5-14-11(13)8-10-7-6-9(2)12(10,3)4/h8-9H,5-7H2,1-4H3/b10-8-/t9-/m1/s1. The normalized spacial score (nSPS) is 28.0. The summed E-state index contributed by atoms with van der Waals surface area (Å²) in [7, 11) is 0. The number of carbonyl (C=O) groups excluding carboxylic acids is 1. The van der Waals surface area contributed by atoms with E-state index in [0.29, 0.717) is 12.5 Å². The maximum absolute atomic E-state index is 11.3. The molecule has 1 atom stereocenters. The smallest absolute Gasteiger partial charge is 0.330 e. The van der Waals surface area contributed by atoms with E-state index in [-0.39, 0.29) is 11.4 Å². The molecule has 1 saturated carbocycles. The van der Waals surface area contributed by atoms with Crippen molar-refractivity contribution in [2.75, 3.05) is 6.61 Å². The van der Waals surface area contributed by atoms with E-state index in [1.807, 2.05) is 6.92 Å². The maximum Gasteiger partial charge on any atom is 0.330 e. The number of hydrogen-bond donors (Lipinski definition) is 0. The second-order valence-corrected chi connectivity index (χ2v) is 4.58. The number of allylic oxidation sites excluding steroid dienone is 1. The van der Waals surface area contributed by atoms with Crippen LogP contribution in [0.5, 0.6) is 0 Å². The van der Waals surface area contributed by atoms with E-state index in [9.17, 15) is 4.79 Å². The Morgan fingerprint density at radius 1 is 1.64 bits per heavy atom. The highest BCUT2D eigenvalue weighted by Gasteiger charge is 2.35. The monoisotopic (exact) mass is 196 g/mol. The van der Waals surface area contributed by atoms with Gasteiger partial charge in [0, 0.05) is 6.08 Å². The van der Waals surface area contributed by atoms with Crippen LogP contribution in [0.15, 0.2) is 11.6 Å². The molecule has 2 nitrogen and oxygen atoms in total. The molecule has 1 rings (SSSR count). The molecule has 2 heteroatoms. The molecule has 0 radical (unpaired) electrons. The van der Waals surface area contributed by atoms with Gasteiger partial charge in [0.15, 0.2) is 0 Å². The maximum atomic E-state index is 11.3. The molecule has 1 aliphatic carbocycles. The number of carbonyl (C=O) groups is 1. The predicted octanol–water partition coefficient (Wildman–Crippen LogP) is 2.93. The van der Waals surface area contributed by atoms with Crippen LogP contribution in [0.3, 0.4) is 0 Å². The van der Waals surface area contributed by atoms with Crippen molar-refractivity contribution >= 4 is 5.97 Å². The summed E-state index contributed by atoms with van der Waals surface area (Å²) in [6, 6.07) is 0.